The van der Waals surface area contributed by atoms with Crippen LogP contribution in [0.3, 0.4) is 0 Å². The van der Waals surface area contributed by atoms with E-state index in [1.54, 1.807) is 6.08 Å². The maximum absolute atomic E-state index is 12.9. The largest absolute Gasteiger partial charge is 0.377 e. The van der Waals surface area contributed by atoms with E-state index in [1.807, 2.05) is 30.3 Å². The van der Waals surface area contributed by atoms with Crippen LogP contribution in [0.4, 0.5) is 0 Å². The molecule has 0 saturated carbocycles. The van der Waals surface area contributed by atoms with Crippen molar-refractivity contribution in [2.75, 3.05) is 24.7 Å². The maximum atomic E-state index is 12.9. The molecular weight excluding hydrogens is 362 g/mol. The zero-order valence-corrected chi connectivity index (χ0v) is 15.6. The Bertz CT molecular complexity index is 812. The Morgan fingerprint density at radius 3 is 2.56 bits per heavy atom. The minimum atomic E-state index is -3.73. The number of rotatable bonds is 6. The van der Waals surface area contributed by atoms with E-state index in [2.05, 4.69) is 0 Å². The number of benzene rings is 1. The standard InChI is InChI=1S/C17H23NO5S2/c19-24(20)11-9-16(14-24)18(13-17-7-4-10-23-17)25(21,22)12-8-15-5-2-1-3-6-15/h1-3,5-6,8,12,16-17H,4,7,9-11,13-14H2/b12-8+. The Morgan fingerprint density at radius 1 is 1.20 bits per heavy atom. The molecule has 2 aliphatic heterocycles. The van der Waals surface area contributed by atoms with Crippen LogP contribution in [-0.2, 0) is 24.6 Å². The van der Waals surface area contributed by atoms with Crippen LogP contribution in [0.1, 0.15) is 24.8 Å². The van der Waals surface area contributed by atoms with Crippen LogP contribution in [0.25, 0.3) is 6.08 Å². The second-order valence-electron chi connectivity index (χ2n) is 6.52. The van der Waals surface area contributed by atoms with E-state index in [9.17, 15) is 16.8 Å². The second-order valence-corrected chi connectivity index (χ2v) is 10.5. The summed E-state index contributed by atoms with van der Waals surface area (Å²) >= 11 is 0. The van der Waals surface area contributed by atoms with Gasteiger partial charge in [-0.2, -0.15) is 4.31 Å². The van der Waals surface area contributed by atoms with Gasteiger partial charge in [-0.25, -0.2) is 16.8 Å². The molecule has 2 unspecified atom stereocenters. The molecule has 3 rings (SSSR count). The van der Waals surface area contributed by atoms with Gasteiger partial charge in [-0.3, -0.25) is 0 Å². The number of sulfonamides is 1. The SMILES string of the molecule is O=S1(=O)CCC(N(CC2CCCO2)S(=O)(=O)/C=C/c2ccccc2)C1. The quantitative estimate of drug-likeness (QED) is 0.744. The molecule has 1 aromatic carbocycles. The molecular formula is C17H23NO5S2. The molecule has 2 fully saturated rings. The number of hydrogen-bond acceptors (Lipinski definition) is 5. The normalized spacial score (nSPS) is 26.6. The highest BCUT2D eigenvalue weighted by Crippen LogP contribution is 2.25. The van der Waals surface area contributed by atoms with Gasteiger partial charge in [-0.05, 0) is 30.9 Å². The Balaban J connectivity index is 1.82. The summed E-state index contributed by atoms with van der Waals surface area (Å²) in [5.41, 5.74) is 0.780. The number of hydrogen-bond donors (Lipinski definition) is 0. The first kappa shape index (κ1) is 18.6. The van der Waals surface area contributed by atoms with Crippen LogP contribution in [0.15, 0.2) is 35.7 Å². The van der Waals surface area contributed by atoms with Crippen LogP contribution >= 0.6 is 0 Å². The molecule has 0 spiro atoms. The van der Waals surface area contributed by atoms with Gasteiger partial charge in [0.15, 0.2) is 9.84 Å². The van der Waals surface area contributed by atoms with Crippen LogP contribution in [0.5, 0.6) is 0 Å². The Morgan fingerprint density at radius 2 is 1.96 bits per heavy atom. The lowest BCUT2D eigenvalue weighted by atomic mass is 10.2. The first-order valence-corrected chi connectivity index (χ1v) is 11.8. The van der Waals surface area contributed by atoms with Crippen molar-refractivity contribution < 1.29 is 21.6 Å². The molecule has 2 saturated heterocycles. The lowest BCUT2D eigenvalue weighted by molar-refractivity contribution is 0.0880. The van der Waals surface area contributed by atoms with E-state index < -0.39 is 25.9 Å². The lowest BCUT2D eigenvalue weighted by Gasteiger charge is -2.28. The molecule has 0 aromatic heterocycles. The third-order valence-electron chi connectivity index (χ3n) is 4.58. The maximum Gasteiger partial charge on any atom is 0.236 e. The van der Waals surface area contributed by atoms with Gasteiger partial charge in [-0.1, -0.05) is 30.3 Å². The highest BCUT2D eigenvalue weighted by Gasteiger charge is 2.38. The van der Waals surface area contributed by atoms with Crippen molar-refractivity contribution >= 4 is 25.9 Å². The highest BCUT2D eigenvalue weighted by atomic mass is 32.2. The van der Waals surface area contributed by atoms with Gasteiger partial charge in [0, 0.05) is 24.6 Å². The van der Waals surface area contributed by atoms with Crippen LogP contribution in [-0.4, -0.2) is 57.9 Å². The summed E-state index contributed by atoms with van der Waals surface area (Å²) in [5, 5.41) is 1.17. The molecule has 6 nitrogen and oxygen atoms in total. The van der Waals surface area contributed by atoms with E-state index in [0.29, 0.717) is 13.0 Å². The molecule has 2 atom stereocenters. The minimum Gasteiger partial charge on any atom is -0.377 e. The highest BCUT2D eigenvalue weighted by molar-refractivity contribution is 7.93. The number of ether oxygens (including phenoxy) is 1. The Labute approximate surface area is 149 Å². The average Bonchev–Trinajstić information content (AvgIpc) is 3.21. The number of sulfone groups is 1. The zero-order valence-electron chi connectivity index (χ0n) is 14.0. The van der Waals surface area contributed by atoms with Crippen LogP contribution in [0, 0.1) is 0 Å². The molecule has 0 amide bonds. The van der Waals surface area contributed by atoms with Crippen molar-refractivity contribution in [2.45, 2.75) is 31.4 Å². The molecule has 2 aliphatic rings. The molecule has 138 valence electrons. The van der Waals surface area contributed by atoms with Gasteiger partial charge in [0.2, 0.25) is 10.0 Å². The molecule has 1 aromatic rings. The fourth-order valence-corrected chi connectivity index (χ4v) is 6.54. The molecule has 8 heteroatoms. The first-order valence-electron chi connectivity index (χ1n) is 8.43. The van der Waals surface area contributed by atoms with Crippen molar-refractivity contribution in [3.63, 3.8) is 0 Å². The van der Waals surface area contributed by atoms with Crippen LogP contribution < -0.4 is 0 Å². The van der Waals surface area contributed by atoms with Gasteiger partial charge in [0.05, 0.1) is 17.6 Å². The van der Waals surface area contributed by atoms with Crippen molar-refractivity contribution in [2.24, 2.45) is 0 Å². The van der Waals surface area contributed by atoms with Crippen molar-refractivity contribution in [1.29, 1.82) is 0 Å². The number of nitrogens with zero attached hydrogens (tertiary/aromatic N) is 1. The van der Waals surface area contributed by atoms with Gasteiger partial charge < -0.3 is 4.74 Å². The van der Waals surface area contributed by atoms with Gasteiger partial charge in [0.1, 0.15) is 0 Å². The van der Waals surface area contributed by atoms with Gasteiger partial charge in [0.25, 0.3) is 0 Å². The van der Waals surface area contributed by atoms with E-state index in [-0.39, 0.29) is 24.2 Å². The minimum absolute atomic E-state index is 0.0393. The van der Waals surface area contributed by atoms with Crippen molar-refractivity contribution in [3.05, 3.63) is 41.3 Å². The van der Waals surface area contributed by atoms with E-state index in [4.69, 9.17) is 4.74 Å². The summed E-state index contributed by atoms with van der Waals surface area (Å²) in [4.78, 5) is 0. The summed E-state index contributed by atoms with van der Waals surface area (Å²) in [6.07, 6.45) is 3.42. The lowest BCUT2D eigenvalue weighted by Crippen LogP contribution is -2.44. The first-order chi connectivity index (χ1) is 11.9. The van der Waals surface area contributed by atoms with E-state index in [1.165, 1.54) is 9.71 Å². The Hall–Kier alpha value is -1.22. The monoisotopic (exact) mass is 385 g/mol. The third kappa shape index (κ3) is 4.91. The fourth-order valence-electron chi connectivity index (χ4n) is 3.26. The van der Waals surface area contributed by atoms with Gasteiger partial charge in [-0.15, -0.1) is 0 Å². The molecule has 0 bridgehead atoms. The topological polar surface area (TPSA) is 80.8 Å². The fraction of sp³-hybridized carbons (Fsp3) is 0.529. The summed E-state index contributed by atoms with van der Waals surface area (Å²) in [7, 11) is -6.91. The molecule has 0 radical (unpaired) electrons. The summed E-state index contributed by atoms with van der Waals surface area (Å²) in [5.74, 6) is -0.0737. The predicted octanol–water partition coefficient (Wildman–Crippen LogP) is 1.66. The zero-order chi connectivity index (χ0) is 17.9. The summed E-state index contributed by atoms with van der Waals surface area (Å²) < 4.78 is 56.3. The molecule has 0 N–H and O–H groups in total. The Kier molecular flexibility index (Phi) is 5.62. The smallest absolute Gasteiger partial charge is 0.236 e. The summed E-state index contributed by atoms with van der Waals surface area (Å²) in [6, 6.07) is 8.64. The van der Waals surface area contributed by atoms with Crippen LogP contribution in [0.2, 0.25) is 0 Å². The van der Waals surface area contributed by atoms with Gasteiger partial charge >= 0.3 is 0 Å². The molecule has 25 heavy (non-hydrogen) atoms. The summed E-state index contributed by atoms with van der Waals surface area (Å²) in [6.45, 7) is 0.836. The van der Waals surface area contributed by atoms with E-state index in [0.717, 1.165) is 18.4 Å². The average molecular weight is 386 g/mol. The third-order valence-corrected chi connectivity index (χ3v) is 7.91. The van der Waals surface area contributed by atoms with Crippen molar-refractivity contribution in [1.82, 2.24) is 4.31 Å². The van der Waals surface area contributed by atoms with Crippen molar-refractivity contribution in [3.8, 4) is 0 Å². The van der Waals surface area contributed by atoms with E-state index >= 15 is 0 Å². The molecule has 2 heterocycles. The molecule has 0 aliphatic carbocycles. The second kappa shape index (κ2) is 7.57. The predicted molar refractivity (Wildman–Crippen MR) is 97.1 cm³/mol.